The second-order valence-corrected chi connectivity index (χ2v) is 9.80. The van der Waals surface area contributed by atoms with Crippen LogP contribution in [-0.4, -0.2) is 70.4 Å². The van der Waals surface area contributed by atoms with Gasteiger partial charge in [0.1, 0.15) is 12.4 Å². The Hall–Kier alpha value is -2.88. The summed E-state index contributed by atoms with van der Waals surface area (Å²) < 4.78 is 29.0. The van der Waals surface area contributed by atoms with Gasteiger partial charge in [-0.25, -0.2) is 9.78 Å². The van der Waals surface area contributed by atoms with E-state index in [1.807, 2.05) is 32.0 Å². The van der Waals surface area contributed by atoms with Crippen LogP contribution >= 0.6 is 0 Å². The number of likely N-dealkylation sites (tertiary alicyclic amines) is 1. The minimum atomic E-state index is -1.02. The molecule has 2 aliphatic rings. The lowest BCUT2D eigenvalue weighted by atomic mass is 10.1. The molecule has 1 fully saturated rings. The first kappa shape index (κ1) is 23.3. The molecule has 1 aromatic carbocycles. The molecular weight excluding hydrogens is 444 g/mol. The van der Waals surface area contributed by atoms with Crippen LogP contribution in [0.1, 0.15) is 32.3 Å². The molecule has 2 aliphatic heterocycles. The van der Waals surface area contributed by atoms with Crippen molar-refractivity contribution in [3.05, 3.63) is 30.1 Å². The van der Waals surface area contributed by atoms with E-state index in [9.17, 15) is 9.00 Å². The number of hydrogen-bond donors (Lipinski definition) is 0. The van der Waals surface area contributed by atoms with Crippen molar-refractivity contribution in [2.75, 3.05) is 37.9 Å². The third-order valence-electron chi connectivity index (χ3n) is 5.81. The number of fused-ring (bicyclic) bond motifs is 1. The standard InChI is InChI=1S/C23H30N4O5S/c1-15(2)31-23(28)26-10-8-17(9-11-26)32-22-20(30-3)21(24-14-25-22)27-12-7-16-13-18(33(4)29)5-6-19(16)27/h5-6,13-15,17H,7-12H2,1-4H3. The molecule has 178 valence electrons. The van der Waals surface area contributed by atoms with E-state index in [2.05, 4.69) is 14.9 Å². The smallest absolute Gasteiger partial charge is 0.410 e. The highest BCUT2D eigenvalue weighted by molar-refractivity contribution is 7.84. The predicted octanol–water partition coefficient (Wildman–Crippen LogP) is 3.31. The van der Waals surface area contributed by atoms with Crippen LogP contribution in [0, 0.1) is 0 Å². The van der Waals surface area contributed by atoms with Gasteiger partial charge in [0.25, 0.3) is 5.88 Å². The van der Waals surface area contributed by atoms with Crippen LogP contribution in [0.3, 0.4) is 0 Å². The summed E-state index contributed by atoms with van der Waals surface area (Å²) in [7, 11) is 0.562. The molecule has 0 radical (unpaired) electrons. The Kier molecular flexibility index (Phi) is 7.02. The van der Waals surface area contributed by atoms with E-state index in [1.54, 1.807) is 18.3 Å². The van der Waals surface area contributed by atoms with Gasteiger partial charge in [-0.3, -0.25) is 4.21 Å². The Bertz CT molecular complexity index is 1040. The minimum Gasteiger partial charge on any atom is -0.489 e. The zero-order valence-corrected chi connectivity index (χ0v) is 20.3. The van der Waals surface area contributed by atoms with Crippen molar-refractivity contribution in [3.8, 4) is 11.6 Å². The number of carbonyl (C=O) groups excluding carboxylic acids is 1. The third kappa shape index (κ3) is 5.05. The molecule has 9 nitrogen and oxygen atoms in total. The van der Waals surface area contributed by atoms with E-state index < -0.39 is 10.8 Å². The van der Waals surface area contributed by atoms with E-state index in [0.717, 1.165) is 29.1 Å². The normalized spacial score (nSPS) is 17.1. The van der Waals surface area contributed by atoms with Gasteiger partial charge in [0, 0.05) is 60.1 Å². The predicted molar refractivity (Wildman–Crippen MR) is 125 cm³/mol. The highest BCUT2D eigenvalue weighted by Gasteiger charge is 2.30. The van der Waals surface area contributed by atoms with Crippen molar-refractivity contribution in [2.24, 2.45) is 0 Å². The van der Waals surface area contributed by atoms with Crippen molar-refractivity contribution < 1.29 is 23.2 Å². The summed E-state index contributed by atoms with van der Waals surface area (Å²) in [6, 6.07) is 5.86. The monoisotopic (exact) mass is 474 g/mol. The quantitative estimate of drug-likeness (QED) is 0.630. The van der Waals surface area contributed by atoms with Gasteiger partial charge in [0.15, 0.2) is 5.82 Å². The maximum atomic E-state index is 12.1. The highest BCUT2D eigenvalue weighted by Crippen LogP contribution is 2.42. The van der Waals surface area contributed by atoms with Crippen molar-refractivity contribution in [3.63, 3.8) is 0 Å². The van der Waals surface area contributed by atoms with E-state index in [4.69, 9.17) is 14.2 Å². The van der Waals surface area contributed by atoms with Gasteiger partial charge in [-0.2, -0.15) is 4.98 Å². The molecule has 4 rings (SSSR count). The molecule has 0 aliphatic carbocycles. The molecule has 3 heterocycles. The van der Waals surface area contributed by atoms with Crippen molar-refractivity contribution in [1.82, 2.24) is 14.9 Å². The van der Waals surface area contributed by atoms with Gasteiger partial charge in [0.2, 0.25) is 5.75 Å². The van der Waals surface area contributed by atoms with Crippen LogP contribution in [0.4, 0.5) is 16.3 Å². The maximum absolute atomic E-state index is 12.1. The number of carbonyl (C=O) groups is 1. The summed E-state index contributed by atoms with van der Waals surface area (Å²) in [4.78, 5) is 25.5. The Morgan fingerprint density at radius 2 is 1.94 bits per heavy atom. The summed E-state index contributed by atoms with van der Waals surface area (Å²) in [6.45, 7) is 5.55. The van der Waals surface area contributed by atoms with Crippen LogP contribution in [0.2, 0.25) is 0 Å². The first-order chi connectivity index (χ1) is 15.9. The Balaban J connectivity index is 1.49. The summed E-state index contributed by atoms with van der Waals surface area (Å²) in [5.74, 6) is 1.52. The number of nitrogens with zero attached hydrogens (tertiary/aromatic N) is 4. The molecular formula is C23H30N4O5S. The summed E-state index contributed by atoms with van der Waals surface area (Å²) in [5.41, 5.74) is 2.15. The largest absolute Gasteiger partial charge is 0.489 e. The highest BCUT2D eigenvalue weighted by atomic mass is 32.2. The topological polar surface area (TPSA) is 94.1 Å². The molecule has 2 aromatic rings. The summed E-state index contributed by atoms with van der Waals surface area (Å²) in [5, 5.41) is 0. The van der Waals surface area contributed by atoms with Gasteiger partial charge in [0.05, 0.1) is 13.2 Å². The van der Waals surface area contributed by atoms with Crippen LogP contribution in [0.15, 0.2) is 29.4 Å². The number of amides is 1. The van der Waals surface area contributed by atoms with E-state index in [-0.39, 0.29) is 18.3 Å². The molecule has 0 spiro atoms. The fraction of sp³-hybridized carbons (Fsp3) is 0.522. The van der Waals surface area contributed by atoms with Gasteiger partial charge >= 0.3 is 6.09 Å². The molecule has 0 bridgehead atoms. The number of anilines is 2. The number of aromatic nitrogens is 2. The minimum absolute atomic E-state index is 0.0855. The van der Waals surface area contributed by atoms with Gasteiger partial charge < -0.3 is 24.0 Å². The molecule has 10 heteroatoms. The van der Waals surface area contributed by atoms with Crippen LogP contribution in [0.5, 0.6) is 11.6 Å². The number of ether oxygens (including phenoxy) is 3. The zero-order chi connectivity index (χ0) is 23.5. The number of methoxy groups -OCH3 is 1. The second-order valence-electron chi connectivity index (χ2n) is 8.42. The molecule has 0 saturated carbocycles. The third-order valence-corrected chi connectivity index (χ3v) is 6.72. The van der Waals surface area contributed by atoms with Gasteiger partial charge in [-0.1, -0.05) is 0 Å². The fourth-order valence-electron chi connectivity index (χ4n) is 4.17. The average molecular weight is 475 g/mol. The van der Waals surface area contributed by atoms with Crippen molar-refractivity contribution in [2.45, 2.75) is 50.2 Å². The second kappa shape index (κ2) is 9.94. The number of hydrogen-bond acceptors (Lipinski definition) is 8. The maximum Gasteiger partial charge on any atom is 0.410 e. The lowest BCUT2D eigenvalue weighted by Crippen LogP contribution is -2.42. The lowest BCUT2D eigenvalue weighted by molar-refractivity contribution is 0.0500. The van der Waals surface area contributed by atoms with Crippen LogP contribution < -0.4 is 14.4 Å². The van der Waals surface area contributed by atoms with E-state index >= 15 is 0 Å². The molecule has 1 atom stereocenters. The zero-order valence-electron chi connectivity index (χ0n) is 19.4. The van der Waals surface area contributed by atoms with Gasteiger partial charge in [-0.15, -0.1) is 0 Å². The number of piperidine rings is 1. The van der Waals surface area contributed by atoms with Crippen molar-refractivity contribution >= 4 is 28.4 Å². The Morgan fingerprint density at radius 1 is 1.18 bits per heavy atom. The Morgan fingerprint density at radius 3 is 2.61 bits per heavy atom. The SMILES string of the molecule is COc1c(OC2CCN(C(=O)OC(C)C)CC2)ncnc1N1CCc2cc(S(C)=O)ccc21. The van der Waals surface area contributed by atoms with Crippen molar-refractivity contribution in [1.29, 1.82) is 0 Å². The summed E-state index contributed by atoms with van der Waals surface area (Å²) in [6.07, 6.45) is 4.85. The molecule has 33 heavy (non-hydrogen) atoms. The Labute approximate surface area is 196 Å². The molecule has 1 amide bonds. The fourth-order valence-corrected chi connectivity index (χ4v) is 4.74. The first-order valence-electron chi connectivity index (χ1n) is 11.1. The van der Waals surface area contributed by atoms with Crippen LogP contribution in [0.25, 0.3) is 0 Å². The molecule has 1 saturated heterocycles. The summed E-state index contributed by atoms with van der Waals surface area (Å²) >= 11 is 0. The molecule has 1 unspecified atom stereocenters. The first-order valence-corrected chi connectivity index (χ1v) is 12.7. The van der Waals surface area contributed by atoms with E-state index in [0.29, 0.717) is 43.4 Å². The molecule has 1 aromatic heterocycles. The van der Waals surface area contributed by atoms with Gasteiger partial charge in [-0.05, 0) is 44.0 Å². The number of benzene rings is 1. The lowest BCUT2D eigenvalue weighted by Gasteiger charge is -2.32. The van der Waals surface area contributed by atoms with Crippen LogP contribution in [-0.2, 0) is 22.0 Å². The average Bonchev–Trinajstić information content (AvgIpc) is 3.22. The molecule has 0 N–H and O–H groups in total. The van der Waals surface area contributed by atoms with E-state index in [1.165, 1.54) is 6.33 Å². The number of rotatable bonds is 6.